The first kappa shape index (κ1) is 28.1. The highest BCUT2D eigenvalue weighted by Gasteiger charge is 2.23. The molecule has 0 spiro atoms. The predicted octanol–water partition coefficient (Wildman–Crippen LogP) is 6.96. The lowest BCUT2D eigenvalue weighted by Crippen LogP contribution is -2.19. The SMILES string of the molecule is O=C(O)c1ccc(NC(=O)C(Sc2cccc(NC(=O)c3cccc4cccc(C(=O)O)c34)c2)c2ccccc2)cc1. The smallest absolute Gasteiger partial charge is 0.336 e. The van der Waals surface area contributed by atoms with Gasteiger partial charge in [0.1, 0.15) is 5.25 Å². The number of carbonyl (C=O) groups is 4. The number of fused-ring (bicyclic) bond motifs is 1. The number of hydrogen-bond acceptors (Lipinski definition) is 5. The lowest BCUT2D eigenvalue weighted by Gasteiger charge is -2.18. The molecule has 5 rings (SSSR count). The molecule has 0 aliphatic heterocycles. The summed E-state index contributed by atoms with van der Waals surface area (Å²) < 4.78 is 0. The summed E-state index contributed by atoms with van der Waals surface area (Å²) in [6, 6.07) is 32.1. The van der Waals surface area contributed by atoms with E-state index < -0.39 is 23.1 Å². The zero-order valence-corrected chi connectivity index (χ0v) is 22.8. The van der Waals surface area contributed by atoms with Crippen LogP contribution in [0, 0.1) is 0 Å². The van der Waals surface area contributed by atoms with Crippen LogP contribution in [0.5, 0.6) is 0 Å². The van der Waals surface area contributed by atoms with Crippen LogP contribution in [0.3, 0.4) is 0 Å². The van der Waals surface area contributed by atoms with Gasteiger partial charge in [-0.2, -0.15) is 0 Å². The van der Waals surface area contributed by atoms with Crippen molar-refractivity contribution < 1.29 is 29.4 Å². The summed E-state index contributed by atoms with van der Waals surface area (Å²) in [5, 5.41) is 24.9. The van der Waals surface area contributed by atoms with Crippen LogP contribution in [0.25, 0.3) is 10.8 Å². The average Bonchev–Trinajstić information content (AvgIpc) is 3.00. The van der Waals surface area contributed by atoms with Gasteiger partial charge in [0.25, 0.3) is 5.91 Å². The second kappa shape index (κ2) is 12.4. The molecule has 2 amide bonds. The Balaban J connectivity index is 1.39. The number of aromatic carboxylic acids is 2. The second-order valence-corrected chi connectivity index (χ2v) is 10.5. The number of anilines is 2. The highest BCUT2D eigenvalue weighted by Crippen LogP contribution is 2.37. The fourth-order valence-corrected chi connectivity index (χ4v) is 5.58. The first-order valence-corrected chi connectivity index (χ1v) is 13.7. The summed E-state index contributed by atoms with van der Waals surface area (Å²) in [6.07, 6.45) is 0. The van der Waals surface area contributed by atoms with E-state index in [4.69, 9.17) is 5.11 Å². The molecule has 0 saturated carbocycles. The van der Waals surface area contributed by atoms with Crippen LogP contribution in [0.2, 0.25) is 0 Å². The topological polar surface area (TPSA) is 133 Å². The standard InChI is InChI=1S/C33H24N2O6S/c36-30(26-13-4-9-20-10-5-14-27(28(20)26)33(40)41)35-24-11-6-12-25(19-24)42-29(21-7-2-1-3-8-21)31(37)34-23-17-15-22(16-18-23)32(38)39/h1-19,29H,(H,34,37)(H,35,36)(H,38,39)(H,40,41). The molecule has 8 nitrogen and oxygen atoms in total. The molecule has 0 aromatic heterocycles. The number of benzene rings is 5. The third kappa shape index (κ3) is 6.32. The van der Waals surface area contributed by atoms with Gasteiger partial charge in [-0.15, -0.1) is 11.8 Å². The number of carbonyl (C=O) groups excluding carboxylic acids is 2. The van der Waals surface area contributed by atoms with Crippen LogP contribution in [0.1, 0.15) is 41.9 Å². The number of nitrogens with one attached hydrogen (secondary N) is 2. The monoisotopic (exact) mass is 576 g/mol. The maximum atomic E-state index is 13.4. The molecule has 208 valence electrons. The Labute approximate surface area is 245 Å². The molecule has 0 fully saturated rings. The lowest BCUT2D eigenvalue weighted by molar-refractivity contribution is -0.115. The van der Waals surface area contributed by atoms with Crippen molar-refractivity contribution in [3.63, 3.8) is 0 Å². The van der Waals surface area contributed by atoms with E-state index in [0.717, 1.165) is 5.56 Å². The van der Waals surface area contributed by atoms with Crippen LogP contribution < -0.4 is 10.6 Å². The number of thioether (sulfide) groups is 1. The summed E-state index contributed by atoms with van der Waals surface area (Å²) >= 11 is 1.29. The minimum absolute atomic E-state index is 0.0388. The largest absolute Gasteiger partial charge is 0.478 e. The van der Waals surface area contributed by atoms with Crippen molar-refractivity contribution in [1.82, 2.24) is 0 Å². The molecule has 9 heteroatoms. The number of carboxylic acids is 2. The number of rotatable bonds is 9. The third-order valence-corrected chi connectivity index (χ3v) is 7.71. The molecule has 0 heterocycles. The summed E-state index contributed by atoms with van der Waals surface area (Å²) in [6.45, 7) is 0. The predicted molar refractivity (Wildman–Crippen MR) is 162 cm³/mol. The van der Waals surface area contributed by atoms with Crippen molar-refractivity contribution in [2.24, 2.45) is 0 Å². The van der Waals surface area contributed by atoms with E-state index in [1.807, 2.05) is 36.4 Å². The van der Waals surface area contributed by atoms with E-state index >= 15 is 0 Å². The van der Waals surface area contributed by atoms with Crippen molar-refractivity contribution in [1.29, 1.82) is 0 Å². The highest BCUT2D eigenvalue weighted by atomic mass is 32.2. The van der Waals surface area contributed by atoms with Crippen molar-refractivity contribution in [3.05, 3.63) is 138 Å². The van der Waals surface area contributed by atoms with E-state index in [9.17, 15) is 24.3 Å². The van der Waals surface area contributed by atoms with Crippen LogP contribution in [-0.2, 0) is 4.79 Å². The van der Waals surface area contributed by atoms with Gasteiger partial charge in [-0.25, -0.2) is 9.59 Å². The molecule has 1 unspecified atom stereocenters. The van der Waals surface area contributed by atoms with Crippen molar-refractivity contribution in [2.75, 3.05) is 10.6 Å². The van der Waals surface area contributed by atoms with Crippen LogP contribution in [0.15, 0.2) is 120 Å². The molecule has 5 aromatic rings. The van der Waals surface area contributed by atoms with Gasteiger partial charge in [0.05, 0.1) is 11.1 Å². The van der Waals surface area contributed by atoms with Crippen molar-refractivity contribution >= 4 is 57.7 Å². The van der Waals surface area contributed by atoms with E-state index in [1.165, 1.54) is 42.1 Å². The molecule has 0 aliphatic carbocycles. The van der Waals surface area contributed by atoms with Gasteiger partial charge in [-0.1, -0.05) is 60.7 Å². The summed E-state index contributed by atoms with van der Waals surface area (Å²) in [5.41, 5.74) is 2.09. The third-order valence-electron chi connectivity index (χ3n) is 6.47. The zero-order chi connectivity index (χ0) is 29.6. The van der Waals surface area contributed by atoms with Gasteiger partial charge >= 0.3 is 11.9 Å². The molecule has 5 aromatic carbocycles. The number of carboxylic acid groups (broad SMARTS) is 2. The Morgan fingerprint density at radius 1 is 0.619 bits per heavy atom. The van der Waals surface area contributed by atoms with Gasteiger partial charge in [-0.05, 0) is 65.5 Å². The Hall–Kier alpha value is -5.41. The maximum absolute atomic E-state index is 13.4. The molecular formula is C33H24N2O6S. The summed E-state index contributed by atoms with van der Waals surface area (Å²) in [7, 11) is 0. The lowest BCUT2D eigenvalue weighted by atomic mass is 9.98. The van der Waals surface area contributed by atoms with Crippen LogP contribution >= 0.6 is 11.8 Å². The number of hydrogen-bond donors (Lipinski definition) is 4. The fraction of sp³-hybridized carbons (Fsp3) is 0.0303. The summed E-state index contributed by atoms with van der Waals surface area (Å²) in [4.78, 5) is 50.5. The highest BCUT2D eigenvalue weighted by molar-refractivity contribution is 8.00. The van der Waals surface area contributed by atoms with Crippen molar-refractivity contribution in [2.45, 2.75) is 10.1 Å². The maximum Gasteiger partial charge on any atom is 0.336 e. The molecule has 0 aliphatic rings. The fourth-order valence-electron chi connectivity index (χ4n) is 4.49. The van der Waals surface area contributed by atoms with E-state index in [1.54, 1.807) is 48.5 Å². The van der Waals surface area contributed by atoms with Crippen LogP contribution in [-0.4, -0.2) is 34.0 Å². The minimum atomic E-state index is -1.12. The van der Waals surface area contributed by atoms with Gasteiger partial charge in [0, 0.05) is 27.2 Å². The first-order chi connectivity index (χ1) is 20.3. The van der Waals surface area contributed by atoms with Gasteiger partial charge in [-0.3, -0.25) is 9.59 Å². The minimum Gasteiger partial charge on any atom is -0.478 e. The van der Waals surface area contributed by atoms with E-state index in [0.29, 0.717) is 27.0 Å². The Morgan fingerprint density at radius 2 is 1.29 bits per heavy atom. The molecular weight excluding hydrogens is 552 g/mol. The molecule has 0 radical (unpaired) electrons. The van der Waals surface area contributed by atoms with E-state index in [-0.39, 0.29) is 22.6 Å². The zero-order valence-electron chi connectivity index (χ0n) is 22.0. The van der Waals surface area contributed by atoms with Crippen molar-refractivity contribution in [3.8, 4) is 0 Å². The molecule has 0 bridgehead atoms. The Bertz CT molecular complexity index is 1800. The second-order valence-electron chi connectivity index (χ2n) is 9.28. The molecule has 1 atom stereocenters. The summed E-state index contributed by atoms with van der Waals surface area (Å²) in [5.74, 6) is -2.94. The quantitative estimate of drug-likeness (QED) is 0.139. The van der Waals surface area contributed by atoms with Gasteiger partial charge < -0.3 is 20.8 Å². The van der Waals surface area contributed by atoms with Gasteiger partial charge in [0.2, 0.25) is 5.91 Å². The first-order valence-electron chi connectivity index (χ1n) is 12.8. The molecule has 4 N–H and O–H groups in total. The molecule has 0 saturated heterocycles. The normalized spacial score (nSPS) is 11.4. The Kier molecular flexibility index (Phi) is 8.31. The van der Waals surface area contributed by atoms with Crippen LogP contribution in [0.4, 0.5) is 11.4 Å². The molecule has 42 heavy (non-hydrogen) atoms. The van der Waals surface area contributed by atoms with E-state index in [2.05, 4.69) is 10.6 Å². The average molecular weight is 577 g/mol. The number of amides is 2. The Morgan fingerprint density at radius 3 is 1.95 bits per heavy atom. The van der Waals surface area contributed by atoms with Gasteiger partial charge in [0.15, 0.2) is 0 Å².